The minimum absolute atomic E-state index is 0.619. The molecule has 0 spiro atoms. The molecule has 2 aromatic rings. The van der Waals surface area contributed by atoms with Crippen molar-refractivity contribution in [2.24, 2.45) is 5.73 Å². The van der Waals surface area contributed by atoms with Crippen LogP contribution in [0.5, 0.6) is 0 Å². The SMILES string of the molecule is CCN(CCN)c1ccc2nccnc2n1. The van der Waals surface area contributed by atoms with Crippen molar-refractivity contribution in [3.05, 3.63) is 24.5 Å². The molecule has 0 saturated heterocycles. The average Bonchev–Trinajstić information content (AvgIpc) is 2.35. The number of pyridine rings is 1. The van der Waals surface area contributed by atoms with Crippen molar-refractivity contribution in [3.8, 4) is 0 Å². The molecule has 0 aliphatic rings. The summed E-state index contributed by atoms with van der Waals surface area (Å²) in [4.78, 5) is 15.0. The van der Waals surface area contributed by atoms with Crippen molar-refractivity contribution in [2.75, 3.05) is 24.5 Å². The first kappa shape index (κ1) is 10.8. The van der Waals surface area contributed by atoms with Gasteiger partial charge in [0.15, 0.2) is 5.65 Å². The molecule has 2 rings (SSSR count). The monoisotopic (exact) mass is 217 g/mol. The van der Waals surface area contributed by atoms with Crippen molar-refractivity contribution < 1.29 is 0 Å². The zero-order chi connectivity index (χ0) is 11.4. The van der Waals surface area contributed by atoms with Crippen LogP contribution in [0, 0.1) is 0 Å². The summed E-state index contributed by atoms with van der Waals surface area (Å²) in [6, 6.07) is 3.89. The fourth-order valence-electron chi connectivity index (χ4n) is 1.61. The molecule has 0 atom stereocenters. The number of likely N-dealkylation sites (N-methyl/N-ethyl adjacent to an activating group) is 1. The summed E-state index contributed by atoms with van der Waals surface area (Å²) in [7, 11) is 0. The molecule has 5 nitrogen and oxygen atoms in total. The van der Waals surface area contributed by atoms with Crippen LogP contribution in [0.2, 0.25) is 0 Å². The van der Waals surface area contributed by atoms with E-state index in [-0.39, 0.29) is 0 Å². The Labute approximate surface area is 94.3 Å². The maximum absolute atomic E-state index is 5.56. The van der Waals surface area contributed by atoms with Crippen LogP contribution >= 0.6 is 0 Å². The van der Waals surface area contributed by atoms with Crippen molar-refractivity contribution in [3.63, 3.8) is 0 Å². The molecule has 0 unspecified atom stereocenters. The molecule has 0 radical (unpaired) electrons. The average molecular weight is 217 g/mol. The van der Waals surface area contributed by atoms with E-state index in [4.69, 9.17) is 5.73 Å². The van der Waals surface area contributed by atoms with Gasteiger partial charge in [-0.25, -0.2) is 9.97 Å². The topological polar surface area (TPSA) is 67.9 Å². The van der Waals surface area contributed by atoms with E-state index in [0.29, 0.717) is 12.2 Å². The van der Waals surface area contributed by atoms with Gasteiger partial charge in [0.2, 0.25) is 0 Å². The minimum Gasteiger partial charge on any atom is -0.356 e. The lowest BCUT2D eigenvalue weighted by atomic mass is 10.3. The number of aromatic nitrogens is 3. The summed E-state index contributed by atoms with van der Waals surface area (Å²) >= 11 is 0. The van der Waals surface area contributed by atoms with E-state index in [1.54, 1.807) is 12.4 Å². The molecule has 2 heterocycles. The van der Waals surface area contributed by atoms with E-state index in [2.05, 4.69) is 26.8 Å². The van der Waals surface area contributed by atoms with Crippen LogP contribution < -0.4 is 10.6 Å². The molecule has 2 N–H and O–H groups in total. The summed E-state index contributed by atoms with van der Waals surface area (Å²) in [6.45, 7) is 4.39. The second kappa shape index (κ2) is 4.85. The third kappa shape index (κ3) is 2.09. The van der Waals surface area contributed by atoms with Gasteiger partial charge >= 0.3 is 0 Å². The first-order valence-corrected chi connectivity index (χ1v) is 5.38. The number of nitrogens with two attached hydrogens (primary N) is 1. The van der Waals surface area contributed by atoms with Crippen LogP contribution in [0.15, 0.2) is 24.5 Å². The zero-order valence-electron chi connectivity index (χ0n) is 9.30. The van der Waals surface area contributed by atoms with Crippen molar-refractivity contribution in [1.29, 1.82) is 0 Å². The number of hydrogen-bond donors (Lipinski definition) is 1. The number of nitrogens with zero attached hydrogens (tertiary/aromatic N) is 4. The van der Waals surface area contributed by atoms with Gasteiger partial charge in [0.1, 0.15) is 11.3 Å². The summed E-state index contributed by atoms with van der Waals surface area (Å²) in [5.41, 5.74) is 7.05. The lowest BCUT2D eigenvalue weighted by molar-refractivity contribution is 0.803. The first-order chi connectivity index (χ1) is 7.85. The number of anilines is 1. The van der Waals surface area contributed by atoms with Crippen molar-refractivity contribution in [2.45, 2.75) is 6.92 Å². The second-order valence-corrected chi connectivity index (χ2v) is 3.44. The Bertz CT molecular complexity index is 471. The summed E-state index contributed by atoms with van der Waals surface area (Å²) in [5, 5.41) is 0. The fraction of sp³-hybridized carbons (Fsp3) is 0.364. The van der Waals surface area contributed by atoms with Gasteiger partial charge in [-0.15, -0.1) is 0 Å². The Morgan fingerprint density at radius 2 is 2.06 bits per heavy atom. The molecule has 0 fully saturated rings. The van der Waals surface area contributed by atoms with Crippen LogP contribution in [-0.4, -0.2) is 34.6 Å². The van der Waals surface area contributed by atoms with E-state index in [1.807, 2.05) is 12.1 Å². The first-order valence-electron chi connectivity index (χ1n) is 5.38. The van der Waals surface area contributed by atoms with Gasteiger partial charge in [-0.3, -0.25) is 4.98 Å². The van der Waals surface area contributed by atoms with Gasteiger partial charge in [0.25, 0.3) is 0 Å². The Morgan fingerprint density at radius 1 is 1.25 bits per heavy atom. The van der Waals surface area contributed by atoms with Crippen LogP contribution in [0.1, 0.15) is 6.92 Å². The highest BCUT2D eigenvalue weighted by molar-refractivity contribution is 5.71. The van der Waals surface area contributed by atoms with Crippen LogP contribution in [0.4, 0.5) is 5.82 Å². The predicted octanol–water partition coefficient (Wildman–Crippen LogP) is 0.810. The molecule has 0 amide bonds. The summed E-state index contributed by atoms with van der Waals surface area (Å²) in [6.07, 6.45) is 3.32. The minimum atomic E-state index is 0.619. The summed E-state index contributed by atoms with van der Waals surface area (Å²) < 4.78 is 0. The van der Waals surface area contributed by atoms with Gasteiger partial charge in [-0.05, 0) is 19.1 Å². The quantitative estimate of drug-likeness (QED) is 0.820. The van der Waals surface area contributed by atoms with Gasteiger partial charge in [0.05, 0.1) is 0 Å². The standard InChI is InChI=1S/C11H15N5/c1-2-16(8-5-12)10-4-3-9-11(15-10)14-7-6-13-9/h3-4,6-7H,2,5,8,12H2,1H3. The Kier molecular flexibility index (Phi) is 3.26. The molecule has 0 aliphatic heterocycles. The molecule has 0 aliphatic carbocycles. The van der Waals surface area contributed by atoms with Crippen LogP contribution in [0.25, 0.3) is 11.2 Å². The molecule has 84 valence electrons. The fourth-order valence-corrected chi connectivity index (χ4v) is 1.61. The highest BCUT2D eigenvalue weighted by atomic mass is 15.2. The lowest BCUT2D eigenvalue weighted by Gasteiger charge is -2.20. The van der Waals surface area contributed by atoms with Gasteiger partial charge in [-0.2, -0.15) is 0 Å². The van der Waals surface area contributed by atoms with Gasteiger partial charge in [-0.1, -0.05) is 0 Å². The van der Waals surface area contributed by atoms with E-state index in [1.165, 1.54) is 0 Å². The van der Waals surface area contributed by atoms with E-state index in [9.17, 15) is 0 Å². The molecule has 2 aromatic heterocycles. The highest BCUT2D eigenvalue weighted by Gasteiger charge is 2.06. The molecular formula is C11H15N5. The van der Waals surface area contributed by atoms with Gasteiger partial charge < -0.3 is 10.6 Å². The molecular weight excluding hydrogens is 202 g/mol. The Morgan fingerprint density at radius 3 is 2.81 bits per heavy atom. The van der Waals surface area contributed by atoms with Crippen molar-refractivity contribution >= 4 is 17.0 Å². The maximum atomic E-state index is 5.56. The molecule has 0 aromatic carbocycles. The van der Waals surface area contributed by atoms with Crippen LogP contribution in [0.3, 0.4) is 0 Å². The van der Waals surface area contributed by atoms with Gasteiger partial charge in [0, 0.05) is 32.0 Å². The third-order valence-corrected chi connectivity index (χ3v) is 2.42. The van der Waals surface area contributed by atoms with E-state index >= 15 is 0 Å². The number of rotatable bonds is 4. The molecule has 5 heteroatoms. The van der Waals surface area contributed by atoms with E-state index in [0.717, 1.165) is 24.4 Å². The zero-order valence-corrected chi connectivity index (χ0v) is 9.30. The highest BCUT2D eigenvalue weighted by Crippen LogP contribution is 2.14. The Hall–Kier alpha value is -1.75. The second-order valence-electron chi connectivity index (χ2n) is 3.44. The number of hydrogen-bond acceptors (Lipinski definition) is 5. The normalized spacial score (nSPS) is 10.6. The summed E-state index contributed by atoms with van der Waals surface area (Å²) in [5.74, 6) is 0.904. The van der Waals surface area contributed by atoms with E-state index < -0.39 is 0 Å². The smallest absolute Gasteiger partial charge is 0.180 e. The predicted molar refractivity (Wildman–Crippen MR) is 64.3 cm³/mol. The molecule has 0 bridgehead atoms. The van der Waals surface area contributed by atoms with Crippen LogP contribution in [-0.2, 0) is 0 Å². The maximum Gasteiger partial charge on any atom is 0.180 e. The largest absolute Gasteiger partial charge is 0.356 e. The molecule has 16 heavy (non-hydrogen) atoms. The lowest BCUT2D eigenvalue weighted by Crippen LogP contribution is -2.29. The van der Waals surface area contributed by atoms with Crippen molar-refractivity contribution in [1.82, 2.24) is 15.0 Å². The Balaban J connectivity index is 2.37. The molecule has 0 saturated carbocycles. The number of fused-ring (bicyclic) bond motifs is 1. The third-order valence-electron chi connectivity index (χ3n) is 2.42.